The van der Waals surface area contributed by atoms with E-state index in [2.05, 4.69) is 10.6 Å². The summed E-state index contributed by atoms with van der Waals surface area (Å²) in [4.78, 5) is 23.2. The van der Waals surface area contributed by atoms with Gasteiger partial charge in [0, 0.05) is 10.7 Å². The van der Waals surface area contributed by atoms with E-state index >= 15 is 0 Å². The molecule has 20 heavy (non-hydrogen) atoms. The Morgan fingerprint density at radius 3 is 2.55 bits per heavy atom. The Hall–Kier alpha value is -1.66. The van der Waals surface area contributed by atoms with Gasteiger partial charge in [-0.2, -0.15) is 0 Å². The highest BCUT2D eigenvalue weighted by atomic mass is 35.5. The van der Waals surface area contributed by atoms with Gasteiger partial charge in [0.15, 0.2) is 0 Å². The molecule has 0 aliphatic carbocycles. The molecule has 2 amide bonds. The van der Waals surface area contributed by atoms with Crippen molar-refractivity contribution < 1.29 is 14.0 Å². The van der Waals surface area contributed by atoms with Gasteiger partial charge in [-0.3, -0.25) is 9.59 Å². The molecule has 0 aliphatic heterocycles. The molecule has 1 atom stereocenters. The number of amides is 2. The summed E-state index contributed by atoms with van der Waals surface area (Å²) in [6.07, 6.45) is 0. The maximum absolute atomic E-state index is 13.1. The van der Waals surface area contributed by atoms with Crippen molar-refractivity contribution in [3.8, 4) is 0 Å². The van der Waals surface area contributed by atoms with Gasteiger partial charge in [-0.15, -0.1) is 0 Å². The van der Waals surface area contributed by atoms with E-state index in [0.29, 0.717) is 0 Å². The molecule has 0 radical (unpaired) electrons. The molecule has 0 unspecified atom stereocenters. The largest absolute Gasteiger partial charge is 0.346 e. The zero-order valence-corrected chi connectivity index (χ0v) is 12.0. The molecule has 0 saturated carbocycles. The van der Waals surface area contributed by atoms with Crippen LogP contribution < -0.4 is 16.4 Å². The quantitative estimate of drug-likeness (QED) is 0.771. The number of rotatable bonds is 5. The molecule has 1 rings (SSSR count). The monoisotopic (exact) mass is 301 g/mol. The number of nitrogens with one attached hydrogen (secondary N) is 2. The van der Waals surface area contributed by atoms with Crippen LogP contribution in [0.15, 0.2) is 18.2 Å². The molecular weight excluding hydrogens is 285 g/mol. The lowest BCUT2D eigenvalue weighted by molar-refractivity contribution is -0.125. The second-order valence-electron chi connectivity index (χ2n) is 4.69. The van der Waals surface area contributed by atoms with E-state index < -0.39 is 23.7 Å². The summed E-state index contributed by atoms with van der Waals surface area (Å²) in [5.74, 6) is -1.48. The van der Waals surface area contributed by atoms with Crippen LogP contribution in [-0.2, 0) is 9.59 Å². The van der Waals surface area contributed by atoms with Crippen LogP contribution in [-0.4, -0.2) is 24.4 Å². The molecule has 1 aromatic carbocycles. The van der Waals surface area contributed by atoms with Crippen molar-refractivity contribution in [1.82, 2.24) is 5.32 Å². The summed E-state index contributed by atoms with van der Waals surface area (Å²) in [6, 6.07) is 2.99. The first kappa shape index (κ1) is 16.4. The van der Waals surface area contributed by atoms with Gasteiger partial charge in [0.2, 0.25) is 11.8 Å². The SMILES string of the molecule is CC(C)[C@H](N)C(=O)NCC(=O)Nc1cc(F)cc(Cl)c1. The first-order valence-electron chi connectivity index (χ1n) is 6.09. The Labute approximate surface area is 121 Å². The van der Waals surface area contributed by atoms with Crippen LogP contribution in [0.3, 0.4) is 0 Å². The number of carbonyl (C=O) groups excluding carboxylic acids is 2. The summed E-state index contributed by atoms with van der Waals surface area (Å²) in [6.45, 7) is 3.37. The molecule has 5 nitrogen and oxygen atoms in total. The van der Waals surface area contributed by atoms with Crippen molar-refractivity contribution in [3.63, 3.8) is 0 Å². The first-order chi connectivity index (χ1) is 9.29. The normalized spacial score (nSPS) is 12.1. The number of benzene rings is 1. The molecule has 4 N–H and O–H groups in total. The van der Waals surface area contributed by atoms with Crippen molar-refractivity contribution >= 4 is 29.1 Å². The van der Waals surface area contributed by atoms with Crippen LogP contribution in [0, 0.1) is 11.7 Å². The van der Waals surface area contributed by atoms with Gasteiger partial charge >= 0.3 is 0 Å². The van der Waals surface area contributed by atoms with E-state index in [1.165, 1.54) is 6.07 Å². The second kappa shape index (κ2) is 7.21. The van der Waals surface area contributed by atoms with Crippen molar-refractivity contribution in [3.05, 3.63) is 29.0 Å². The standard InChI is InChI=1S/C13H17ClFN3O2/c1-7(2)12(16)13(20)17-6-11(19)18-10-4-8(14)3-9(15)5-10/h3-5,7,12H,6,16H2,1-2H3,(H,17,20)(H,18,19)/t12-/m0/s1. The van der Waals surface area contributed by atoms with Gasteiger partial charge < -0.3 is 16.4 Å². The molecule has 1 aromatic rings. The van der Waals surface area contributed by atoms with Gasteiger partial charge in [0.1, 0.15) is 5.82 Å². The zero-order valence-electron chi connectivity index (χ0n) is 11.2. The van der Waals surface area contributed by atoms with Gasteiger partial charge in [0.25, 0.3) is 0 Å². The summed E-state index contributed by atoms with van der Waals surface area (Å²) >= 11 is 5.66. The van der Waals surface area contributed by atoms with E-state index in [4.69, 9.17) is 17.3 Å². The highest BCUT2D eigenvalue weighted by Crippen LogP contribution is 2.17. The Balaban J connectivity index is 2.50. The highest BCUT2D eigenvalue weighted by Gasteiger charge is 2.17. The molecule has 0 fully saturated rings. The predicted molar refractivity (Wildman–Crippen MR) is 75.9 cm³/mol. The molecule has 110 valence electrons. The number of hydrogen-bond donors (Lipinski definition) is 3. The van der Waals surface area contributed by atoms with Gasteiger partial charge in [-0.05, 0) is 24.1 Å². The number of anilines is 1. The number of nitrogens with two attached hydrogens (primary N) is 1. The summed E-state index contributed by atoms with van der Waals surface area (Å²) in [5.41, 5.74) is 5.85. The minimum absolute atomic E-state index is 0.0277. The highest BCUT2D eigenvalue weighted by molar-refractivity contribution is 6.30. The van der Waals surface area contributed by atoms with Crippen LogP contribution in [0.25, 0.3) is 0 Å². The molecule has 7 heteroatoms. The van der Waals surface area contributed by atoms with Gasteiger partial charge in [-0.1, -0.05) is 25.4 Å². The smallest absolute Gasteiger partial charge is 0.243 e. The summed E-state index contributed by atoms with van der Waals surface area (Å²) < 4.78 is 13.1. The lowest BCUT2D eigenvalue weighted by atomic mass is 10.1. The predicted octanol–water partition coefficient (Wildman–Crippen LogP) is 1.52. The third-order valence-electron chi connectivity index (χ3n) is 2.59. The lowest BCUT2D eigenvalue weighted by Crippen LogP contribution is -2.46. The van der Waals surface area contributed by atoms with Gasteiger partial charge in [0.05, 0.1) is 12.6 Å². The van der Waals surface area contributed by atoms with Crippen molar-refractivity contribution in [2.75, 3.05) is 11.9 Å². The Bertz CT molecular complexity index is 488. The maximum atomic E-state index is 13.1. The topological polar surface area (TPSA) is 84.2 Å². The van der Waals surface area contributed by atoms with Crippen molar-refractivity contribution in [1.29, 1.82) is 0 Å². The molecular formula is C13H17ClFN3O2. The Morgan fingerprint density at radius 2 is 2.00 bits per heavy atom. The number of carbonyl (C=O) groups is 2. The average Bonchev–Trinajstić information content (AvgIpc) is 2.33. The van der Waals surface area contributed by atoms with Crippen LogP contribution >= 0.6 is 11.6 Å². The van der Waals surface area contributed by atoms with E-state index in [1.807, 2.05) is 0 Å². The van der Waals surface area contributed by atoms with E-state index in [1.54, 1.807) is 13.8 Å². The number of hydrogen-bond acceptors (Lipinski definition) is 3. The number of halogens is 2. The molecule has 0 bridgehead atoms. The van der Waals surface area contributed by atoms with E-state index in [-0.39, 0.29) is 23.2 Å². The molecule has 0 aliphatic rings. The Morgan fingerprint density at radius 1 is 1.35 bits per heavy atom. The lowest BCUT2D eigenvalue weighted by Gasteiger charge is -2.15. The minimum Gasteiger partial charge on any atom is -0.346 e. The molecule has 0 heterocycles. The fraction of sp³-hybridized carbons (Fsp3) is 0.385. The summed E-state index contributed by atoms with van der Waals surface area (Å²) in [5, 5.41) is 5.01. The maximum Gasteiger partial charge on any atom is 0.243 e. The zero-order chi connectivity index (χ0) is 15.3. The third-order valence-corrected chi connectivity index (χ3v) is 2.81. The first-order valence-corrected chi connectivity index (χ1v) is 6.46. The van der Waals surface area contributed by atoms with Crippen molar-refractivity contribution in [2.24, 2.45) is 11.7 Å². The van der Waals surface area contributed by atoms with Crippen LogP contribution in [0.5, 0.6) is 0 Å². The minimum atomic E-state index is -0.675. The third kappa shape index (κ3) is 5.14. The fourth-order valence-electron chi connectivity index (χ4n) is 1.42. The van der Waals surface area contributed by atoms with Crippen LogP contribution in [0.4, 0.5) is 10.1 Å². The molecule has 0 aromatic heterocycles. The van der Waals surface area contributed by atoms with Gasteiger partial charge in [-0.25, -0.2) is 4.39 Å². The van der Waals surface area contributed by atoms with E-state index in [0.717, 1.165) is 12.1 Å². The Kier molecular flexibility index (Phi) is 5.91. The van der Waals surface area contributed by atoms with E-state index in [9.17, 15) is 14.0 Å². The second-order valence-corrected chi connectivity index (χ2v) is 5.13. The summed E-state index contributed by atoms with van der Waals surface area (Å²) in [7, 11) is 0. The van der Waals surface area contributed by atoms with Crippen molar-refractivity contribution in [2.45, 2.75) is 19.9 Å². The molecule has 0 saturated heterocycles. The molecule has 0 spiro atoms. The van der Waals surface area contributed by atoms with Crippen LogP contribution in [0.2, 0.25) is 5.02 Å². The average molecular weight is 302 g/mol. The van der Waals surface area contributed by atoms with Crippen LogP contribution in [0.1, 0.15) is 13.8 Å². The fourth-order valence-corrected chi connectivity index (χ4v) is 1.64.